The van der Waals surface area contributed by atoms with Crippen molar-refractivity contribution in [2.45, 2.75) is 43.6 Å². The predicted octanol–water partition coefficient (Wildman–Crippen LogP) is -0.367. The van der Waals surface area contributed by atoms with Crippen LogP contribution in [0.4, 0.5) is 9.18 Å². The van der Waals surface area contributed by atoms with Crippen LogP contribution < -0.4 is 10.8 Å². The number of carbonyl (C=O) groups excluding carboxylic acids is 2. The summed E-state index contributed by atoms with van der Waals surface area (Å²) in [5.41, 5.74) is 2.40. The molecule has 0 aromatic rings. The number of halogens is 1. The highest BCUT2D eigenvalue weighted by Crippen LogP contribution is 2.28. The van der Waals surface area contributed by atoms with Gasteiger partial charge in [0.2, 0.25) is 0 Å². The average molecular weight is 300 g/mol. The Hall–Kier alpha value is -1.41. The molecule has 21 heavy (non-hydrogen) atoms. The number of urea groups is 1. The molecule has 118 valence electrons. The van der Waals surface area contributed by atoms with Crippen molar-refractivity contribution in [2.75, 3.05) is 26.7 Å². The van der Waals surface area contributed by atoms with E-state index in [1.165, 1.54) is 0 Å². The molecular formula is C13H21FN4O3. The van der Waals surface area contributed by atoms with E-state index in [9.17, 15) is 14.0 Å². The van der Waals surface area contributed by atoms with Gasteiger partial charge in [0.05, 0.1) is 12.6 Å². The molecule has 3 rings (SSSR count). The third kappa shape index (κ3) is 2.82. The number of nitrogens with zero attached hydrogens (tertiary/aromatic N) is 2. The van der Waals surface area contributed by atoms with Gasteiger partial charge in [-0.15, -0.1) is 0 Å². The number of nitrogens with one attached hydrogen (secondary N) is 2. The number of fused-ring (bicyclic) bond motifs is 2. The van der Waals surface area contributed by atoms with E-state index in [4.69, 9.17) is 4.84 Å². The van der Waals surface area contributed by atoms with Gasteiger partial charge >= 0.3 is 6.03 Å². The number of hydroxylamine groups is 1. The van der Waals surface area contributed by atoms with E-state index >= 15 is 0 Å². The molecule has 0 aromatic carbocycles. The molecule has 0 radical (unpaired) electrons. The standard InChI is InChI=1S/C13H21FN4O3/c1-17-10-2-3-11(18(6-10)13(17)20)12(19)16-21-7-9-4-8(14)5-15-9/h8-11,15H,2-7H2,1H3,(H,16,19)/t8?,9?,10-,11+/m1/s1. The zero-order valence-electron chi connectivity index (χ0n) is 12.0. The van der Waals surface area contributed by atoms with Crippen LogP contribution in [0.1, 0.15) is 19.3 Å². The Morgan fingerprint density at radius 3 is 3.05 bits per heavy atom. The number of hydrogen-bond donors (Lipinski definition) is 2. The Morgan fingerprint density at radius 1 is 1.52 bits per heavy atom. The number of piperidine rings is 1. The average Bonchev–Trinajstić information content (AvgIpc) is 2.98. The summed E-state index contributed by atoms with van der Waals surface area (Å²) in [7, 11) is 1.77. The van der Waals surface area contributed by atoms with Gasteiger partial charge in [-0.25, -0.2) is 14.7 Å². The zero-order valence-corrected chi connectivity index (χ0v) is 12.0. The van der Waals surface area contributed by atoms with Gasteiger partial charge in [0, 0.05) is 26.2 Å². The summed E-state index contributed by atoms with van der Waals surface area (Å²) in [5.74, 6) is -0.299. The number of amides is 3. The molecule has 8 heteroatoms. The van der Waals surface area contributed by atoms with Crippen LogP contribution in [0, 0.1) is 0 Å². The number of alkyl halides is 1. The van der Waals surface area contributed by atoms with Gasteiger partial charge in [0.25, 0.3) is 5.91 Å². The van der Waals surface area contributed by atoms with Gasteiger partial charge in [0.15, 0.2) is 0 Å². The van der Waals surface area contributed by atoms with Crippen molar-refractivity contribution in [3.05, 3.63) is 0 Å². The lowest BCUT2D eigenvalue weighted by atomic mass is 10.0. The van der Waals surface area contributed by atoms with Gasteiger partial charge in [-0.05, 0) is 19.3 Å². The molecule has 4 atom stereocenters. The molecule has 3 aliphatic rings. The third-order valence-electron chi connectivity index (χ3n) is 4.58. The fourth-order valence-corrected chi connectivity index (χ4v) is 3.29. The molecule has 0 aliphatic carbocycles. The van der Waals surface area contributed by atoms with Crippen LogP contribution in [0.3, 0.4) is 0 Å². The maximum Gasteiger partial charge on any atom is 0.320 e. The lowest BCUT2D eigenvalue weighted by Gasteiger charge is -2.29. The minimum absolute atomic E-state index is 0.0735. The Bertz CT molecular complexity index is 436. The maximum atomic E-state index is 13.0. The minimum Gasteiger partial charge on any atom is -0.323 e. The summed E-state index contributed by atoms with van der Waals surface area (Å²) >= 11 is 0. The second kappa shape index (κ2) is 5.76. The molecule has 2 bridgehead atoms. The van der Waals surface area contributed by atoms with Crippen molar-refractivity contribution in [3.63, 3.8) is 0 Å². The Balaban J connectivity index is 1.46. The summed E-state index contributed by atoms with van der Waals surface area (Å²) in [5, 5.41) is 2.98. The minimum atomic E-state index is -0.845. The lowest BCUT2D eigenvalue weighted by Crippen LogP contribution is -2.50. The van der Waals surface area contributed by atoms with Crippen LogP contribution in [-0.4, -0.2) is 72.8 Å². The number of rotatable bonds is 4. The highest BCUT2D eigenvalue weighted by Gasteiger charge is 2.45. The van der Waals surface area contributed by atoms with E-state index in [1.54, 1.807) is 16.8 Å². The van der Waals surface area contributed by atoms with Crippen LogP contribution in [0.15, 0.2) is 0 Å². The van der Waals surface area contributed by atoms with Crippen molar-refractivity contribution in [1.82, 2.24) is 20.6 Å². The fraction of sp³-hybridized carbons (Fsp3) is 0.846. The number of carbonyl (C=O) groups is 2. The fourth-order valence-electron chi connectivity index (χ4n) is 3.29. The van der Waals surface area contributed by atoms with E-state index in [2.05, 4.69) is 10.8 Å². The molecule has 3 saturated heterocycles. The van der Waals surface area contributed by atoms with Crippen LogP contribution in [0.25, 0.3) is 0 Å². The molecular weight excluding hydrogens is 279 g/mol. The maximum absolute atomic E-state index is 13.0. The van der Waals surface area contributed by atoms with Crippen LogP contribution in [-0.2, 0) is 9.63 Å². The zero-order chi connectivity index (χ0) is 15.0. The largest absolute Gasteiger partial charge is 0.323 e. The molecule has 7 nitrogen and oxygen atoms in total. The van der Waals surface area contributed by atoms with Crippen molar-refractivity contribution in [3.8, 4) is 0 Å². The molecule has 0 saturated carbocycles. The molecule has 3 aliphatic heterocycles. The van der Waals surface area contributed by atoms with Crippen LogP contribution >= 0.6 is 0 Å². The molecule has 3 amide bonds. The third-order valence-corrected chi connectivity index (χ3v) is 4.58. The predicted molar refractivity (Wildman–Crippen MR) is 72.1 cm³/mol. The Kier molecular flexibility index (Phi) is 3.99. The number of likely N-dealkylation sites (N-methyl/N-ethyl adjacent to an activating group) is 1. The first-order valence-corrected chi connectivity index (χ1v) is 7.38. The van der Waals surface area contributed by atoms with Crippen molar-refractivity contribution in [1.29, 1.82) is 0 Å². The first-order valence-electron chi connectivity index (χ1n) is 7.38. The van der Waals surface area contributed by atoms with Gasteiger partial charge < -0.3 is 15.1 Å². The smallest absolute Gasteiger partial charge is 0.320 e. The molecule has 3 heterocycles. The summed E-state index contributed by atoms with van der Waals surface area (Å²) in [4.78, 5) is 32.6. The van der Waals surface area contributed by atoms with E-state index in [0.717, 1.165) is 6.42 Å². The van der Waals surface area contributed by atoms with Gasteiger partial charge in [-0.1, -0.05) is 0 Å². The summed E-state index contributed by atoms with van der Waals surface area (Å²) < 4.78 is 13.0. The SMILES string of the molecule is CN1C(=O)N2C[C@H]1CC[C@H]2C(=O)NOCC1CC(F)CN1. The van der Waals surface area contributed by atoms with Crippen LogP contribution in [0.5, 0.6) is 0 Å². The quantitative estimate of drug-likeness (QED) is 0.695. The molecule has 0 spiro atoms. The van der Waals surface area contributed by atoms with E-state index in [1.807, 2.05) is 0 Å². The summed E-state index contributed by atoms with van der Waals surface area (Å²) in [6.45, 7) is 1.16. The van der Waals surface area contributed by atoms with Crippen molar-refractivity contribution >= 4 is 11.9 Å². The highest BCUT2D eigenvalue weighted by atomic mass is 19.1. The Morgan fingerprint density at radius 2 is 2.33 bits per heavy atom. The normalized spacial score (nSPS) is 35.4. The first kappa shape index (κ1) is 14.5. The monoisotopic (exact) mass is 300 g/mol. The second-order valence-corrected chi connectivity index (χ2v) is 6.01. The van der Waals surface area contributed by atoms with E-state index in [0.29, 0.717) is 25.9 Å². The van der Waals surface area contributed by atoms with Gasteiger partial charge in [-0.3, -0.25) is 9.63 Å². The van der Waals surface area contributed by atoms with Crippen molar-refractivity contribution < 1.29 is 18.8 Å². The van der Waals surface area contributed by atoms with Gasteiger partial charge in [-0.2, -0.15) is 0 Å². The van der Waals surface area contributed by atoms with Crippen molar-refractivity contribution in [2.24, 2.45) is 0 Å². The molecule has 3 fully saturated rings. The molecule has 2 N–H and O–H groups in total. The topological polar surface area (TPSA) is 73.9 Å². The molecule has 0 aromatic heterocycles. The second-order valence-electron chi connectivity index (χ2n) is 6.01. The van der Waals surface area contributed by atoms with E-state index < -0.39 is 12.2 Å². The Labute approximate surface area is 122 Å². The molecule has 2 unspecified atom stereocenters. The van der Waals surface area contributed by atoms with Crippen LogP contribution in [0.2, 0.25) is 0 Å². The van der Waals surface area contributed by atoms with Gasteiger partial charge in [0.1, 0.15) is 12.2 Å². The lowest BCUT2D eigenvalue weighted by molar-refractivity contribution is -0.139. The van der Waals surface area contributed by atoms with E-state index in [-0.39, 0.29) is 30.6 Å². The first-order chi connectivity index (χ1) is 10.1. The summed E-state index contributed by atoms with van der Waals surface area (Å²) in [6, 6.07) is -0.429. The highest BCUT2D eigenvalue weighted by molar-refractivity contribution is 5.88. The summed E-state index contributed by atoms with van der Waals surface area (Å²) in [6.07, 6.45) is 1.02. The number of hydrogen-bond acceptors (Lipinski definition) is 4.